The molecule has 2 heteroatoms. The number of aryl methyl sites for hydroxylation is 1. The Morgan fingerprint density at radius 2 is 1.82 bits per heavy atom. The van der Waals surface area contributed by atoms with Gasteiger partial charge in [-0.3, -0.25) is 4.79 Å². The van der Waals surface area contributed by atoms with Gasteiger partial charge >= 0.3 is 0 Å². The van der Waals surface area contributed by atoms with Crippen LogP contribution < -0.4 is 0 Å². The molecule has 0 aliphatic rings. The van der Waals surface area contributed by atoms with Crippen LogP contribution in [0.4, 0.5) is 0 Å². The van der Waals surface area contributed by atoms with Crippen LogP contribution in [-0.2, 0) is 11.2 Å². The van der Waals surface area contributed by atoms with E-state index in [4.69, 9.17) is 11.6 Å². The lowest BCUT2D eigenvalue weighted by Crippen LogP contribution is -1.94. The number of carbonyl (C=O) groups is 1. The molecule has 86 valence electrons. The highest BCUT2D eigenvalue weighted by molar-refractivity contribution is 6.63. The molecule has 0 spiro atoms. The van der Waals surface area contributed by atoms with Crippen molar-refractivity contribution < 1.29 is 4.79 Å². The van der Waals surface area contributed by atoms with Crippen LogP contribution >= 0.6 is 11.6 Å². The summed E-state index contributed by atoms with van der Waals surface area (Å²) in [5, 5.41) is -0.322. The Labute approximate surface area is 106 Å². The molecule has 0 unspecified atom stereocenters. The summed E-state index contributed by atoms with van der Waals surface area (Å²) in [6, 6.07) is 16.2. The minimum absolute atomic E-state index is 0.289. The fraction of sp³-hybridized carbons (Fsp3) is 0.133. The van der Waals surface area contributed by atoms with E-state index in [9.17, 15) is 4.79 Å². The largest absolute Gasteiger partial charge is 0.281 e. The van der Waals surface area contributed by atoms with E-state index in [0.717, 1.165) is 11.1 Å². The summed E-state index contributed by atoms with van der Waals surface area (Å²) < 4.78 is 0. The van der Waals surface area contributed by atoms with Crippen molar-refractivity contribution in [3.05, 3.63) is 59.7 Å². The average Bonchev–Trinajstić information content (AvgIpc) is 2.29. The van der Waals surface area contributed by atoms with Crippen molar-refractivity contribution in [2.45, 2.75) is 13.3 Å². The highest BCUT2D eigenvalue weighted by atomic mass is 35.5. The second-order valence-electron chi connectivity index (χ2n) is 4.05. The first-order valence-corrected chi connectivity index (χ1v) is 5.88. The minimum Gasteiger partial charge on any atom is -0.281 e. The summed E-state index contributed by atoms with van der Waals surface area (Å²) in [6.45, 7) is 2.05. The maximum atomic E-state index is 10.8. The summed E-state index contributed by atoms with van der Waals surface area (Å²) >= 11 is 5.38. The number of carbonyl (C=O) groups excluding carboxylic acids is 1. The van der Waals surface area contributed by atoms with E-state index in [1.54, 1.807) is 0 Å². The lowest BCUT2D eigenvalue weighted by molar-refractivity contribution is -0.111. The van der Waals surface area contributed by atoms with Crippen LogP contribution in [0.25, 0.3) is 11.1 Å². The van der Waals surface area contributed by atoms with Crippen LogP contribution in [0.3, 0.4) is 0 Å². The zero-order valence-corrected chi connectivity index (χ0v) is 10.4. The molecule has 0 heterocycles. The first-order valence-electron chi connectivity index (χ1n) is 5.50. The third kappa shape index (κ3) is 2.95. The Kier molecular flexibility index (Phi) is 3.60. The van der Waals surface area contributed by atoms with Gasteiger partial charge in [-0.2, -0.15) is 0 Å². The molecule has 1 nitrogen and oxygen atoms in total. The standard InChI is InChI=1S/C15H13ClO/c1-11-9-12(10-15(16)17)7-8-14(11)13-5-3-2-4-6-13/h2-9H,10H2,1H3. The molecule has 0 atom stereocenters. The molecule has 0 saturated carbocycles. The predicted octanol–water partition coefficient (Wildman–Crippen LogP) is 3.97. The number of hydrogen-bond acceptors (Lipinski definition) is 1. The van der Waals surface area contributed by atoms with Crippen LogP contribution in [0.1, 0.15) is 11.1 Å². The van der Waals surface area contributed by atoms with Gasteiger partial charge in [-0.05, 0) is 40.8 Å². The second-order valence-corrected chi connectivity index (χ2v) is 4.47. The highest BCUT2D eigenvalue weighted by Crippen LogP contribution is 2.24. The lowest BCUT2D eigenvalue weighted by Gasteiger charge is -2.07. The predicted molar refractivity (Wildman–Crippen MR) is 71.2 cm³/mol. The van der Waals surface area contributed by atoms with Crippen LogP contribution in [0, 0.1) is 6.92 Å². The zero-order valence-electron chi connectivity index (χ0n) is 9.61. The summed E-state index contributed by atoms with van der Waals surface area (Å²) in [6.07, 6.45) is 0.289. The van der Waals surface area contributed by atoms with Crippen molar-refractivity contribution in [1.29, 1.82) is 0 Å². The van der Waals surface area contributed by atoms with Crippen molar-refractivity contribution in [3.63, 3.8) is 0 Å². The van der Waals surface area contributed by atoms with Gasteiger partial charge < -0.3 is 0 Å². The van der Waals surface area contributed by atoms with Crippen LogP contribution in [0.15, 0.2) is 48.5 Å². The van der Waals surface area contributed by atoms with Crippen molar-refractivity contribution in [1.82, 2.24) is 0 Å². The van der Waals surface area contributed by atoms with E-state index in [-0.39, 0.29) is 11.7 Å². The molecule has 0 bridgehead atoms. The minimum atomic E-state index is -0.322. The Morgan fingerprint density at radius 3 is 2.41 bits per heavy atom. The Morgan fingerprint density at radius 1 is 1.12 bits per heavy atom. The first kappa shape index (κ1) is 11.9. The zero-order chi connectivity index (χ0) is 12.3. The molecular weight excluding hydrogens is 232 g/mol. The molecule has 2 aromatic rings. The fourth-order valence-electron chi connectivity index (χ4n) is 1.94. The molecule has 0 fully saturated rings. The van der Waals surface area contributed by atoms with Gasteiger partial charge in [-0.25, -0.2) is 0 Å². The van der Waals surface area contributed by atoms with Gasteiger partial charge in [-0.1, -0.05) is 48.5 Å². The molecule has 0 N–H and O–H groups in total. The monoisotopic (exact) mass is 244 g/mol. The van der Waals surface area contributed by atoms with Gasteiger partial charge in [0.15, 0.2) is 0 Å². The molecule has 2 rings (SSSR count). The third-order valence-electron chi connectivity index (χ3n) is 2.72. The number of rotatable bonds is 3. The van der Waals surface area contributed by atoms with Crippen molar-refractivity contribution in [2.75, 3.05) is 0 Å². The van der Waals surface area contributed by atoms with E-state index in [0.29, 0.717) is 0 Å². The molecule has 0 aliphatic heterocycles. The second kappa shape index (κ2) is 5.15. The first-order chi connectivity index (χ1) is 8.16. The summed E-state index contributed by atoms with van der Waals surface area (Å²) in [4.78, 5) is 10.8. The van der Waals surface area contributed by atoms with Gasteiger partial charge in [0.1, 0.15) is 0 Å². The lowest BCUT2D eigenvalue weighted by atomic mass is 9.98. The fourth-order valence-corrected chi connectivity index (χ4v) is 2.09. The van der Waals surface area contributed by atoms with Crippen molar-refractivity contribution in [2.24, 2.45) is 0 Å². The van der Waals surface area contributed by atoms with Gasteiger partial charge in [0, 0.05) is 6.42 Å². The number of halogens is 1. The van der Waals surface area contributed by atoms with E-state index >= 15 is 0 Å². The SMILES string of the molecule is Cc1cc(CC(=O)Cl)ccc1-c1ccccc1. The third-order valence-corrected chi connectivity index (χ3v) is 2.85. The Balaban J connectivity index is 2.35. The summed E-state index contributed by atoms with van der Waals surface area (Å²) in [5.41, 5.74) is 4.50. The highest BCUT2D eigenvalue weighted by Gasteiger charge is 2.04. The maximum Gasteiger partial charge on any atom is 0.226 e. The summed E-state index contributed by atoms with van der Waals surface area (Å²) in [5.74, 6) is 0. The van der Waals surface area contributed by atoms with Gasteiger partial charge in [0.2, 0.25) is 5.24 Å². The maximum absolute atomic E-state index is 10.8. The number of hydrogen-bond donors (Lipinski definition) is 0. The van der Waals surface area contributed by atoms with E-state index in [1.165, 1.54) is 11.1 Å². The normalized spacial score (nSPS) is 10.2. The average molecular weight is 245 g/mol. The molecule has 2 aromatic carbocycles. The van der Waals surface area contributed by atoms with Crippen LogP contribution in [0.5, 0.6) is 0 Å². The smallest absolute Gasteiger partial charge is 0.226 e. The van der Waals surface area contributed by atoms with Gasteiger partial charge in [0.05, 0.1) is 0 Å². The quantitative estimate of drug-likeness (QED) is 0.747. The molecular formula is C15H13ClO. The van der Waals surface area contributed by atoms with Gasteiger partial charge in [-0.15, -0.1) is 0 Å². The van der Waals surface area contributed by atoms with Crippen molar-refractivity contribution >= 4 is 16.8 Å². The van der Waals surface area contributed by atoms with E-state index in [1.807, 2.05) is 43.3 Å². The summed E-state index contributed by atoms with van der Waals surface area (Å²) in [7, 11) is 0. The van der Waals surface area contributed by atoms with E-state index in [2.05, 4.69) is 12.1 Å². The van der Waals surface area contributed by atoms with E-state index < -0.39 is 0 Å². The molecule has 0 aromatic heterocycles. The molecule has 0 aliphatic carbocycles. The Bertz CT molecular complexity index is 532. The topological polar surface area (TPSA) is 17.1 Å². The Hall–Kier alpha value is -1.60. The number of benzene rings is 2. The van der Waals surface area contributed by atoms with Crippen molar-refractivity contribution in [3.8, 4) is 11.1 Å². The van der Waals surface area contributed by atoms with Crippen LogP contribution in [-0.4, -0.2) is 5.24 Å². The molecule has 0 amide bonds. The van der Waals surface area contributed by atoms with Crippen LogP contribution in [0.2, 0.25) is 0 Å². The molecule has 0 saturated heterocycles. The van der Waals surface area contributed by atoms with Gasteiger partial charge in [0.25, 0.3) is 0 Å². The molecule has 17 heavy (non-hydrogen) atoms. The molecule has 0 radical (unpaired) electrons.